The SMILES string of the molecule is CNc1ccc(Cl)cc1C(=O)Nc1ccc(Cl)cc1Cl. The molecule has 2 aromatic rings. The third-order valence-corrected chi connectivity index (χ3v) is 3.46. The molecule has 104 valence electrons. The summed E-state index contributed by atoms with van der Waals surface area (Å²) in [5.41, 5.74) is 1.60. The molecule has 0 radical (unpaired) electrons. The van der Waals surface area contributed by atoms with Gasteiger partial charge < -0.3 is 10.6 Å². The molecule has 0 aliphatic carbocycles. The molecule has 0 atom stereocenters. The summed E-state index contributed by atoms with van der Waals surface area (Å²) in [4.78, 5) is 12.3. The van der Waals surface area contributed by atoms with Crippen molar-refractivity contribution in [1.82, 2.24) is 0 Å². The zero-order chi connectivity index (χ0) is 14.7. The molecule has 1 amide bonds. The van der Waals surface area contributed by atoms with Gasteiger partial charge in [-0.2, -0.15) is 0 Å². The van der Waals surface area contributed by atoms with Crippen LogP contribution in [0.25, 0.3) is 0 Å². The van der Waals surface area contributed by atoms with Gasteiger partial charge in [-0.15, -0.1) is 0 Å². The highest BCUT2D eigenvalue weighted by Crippen LogP contribution is 2.27. The van der Waals surface area contributed by atoms with E-state index < -0.39 is 0 Å². The first kappa shape index (κ1) is 15.0. The Labute approximate surface area is 131 Å². The van der Waals surface area contributed by atoms with Crippen LogP contribution in [0.4, 0.5) is 11.4 Å². The van der Waals surface area contributed by atoms with Crippen molar-refractivity contribution >= 4 is 52.1 Å². The van der Waals surface area contributed by atoms with Gasteiger partial charge in [-0.3, -0.25) is 4.79 Å². The normalized spacial score (nSPS) is 10.2. The van der Waals surface area contributed by atoms with Crippen LogP contribution in [0.15, 0.2) is 36.4 Å². The predicted octanol–water partition coefficient (Wildman–Crippen LogP) is 4.94. The number of halogens is 3. The van der Waals surface area contributed by atoms with Gasteiger partial charge in [0.25, 0.3) is 5.91 Å². The van der Waals surface area contributed by atoms with E-state index in [9.17, 15) is 4.79 Å². The highest BCUT2D eigenvalue weighted by Gasteiger charge is 2.13. The van der Waals surface area contributed by atoms with Crippen molar-refractivity contribution < 1.29 is 4.79 Å². The largest absolute Gasteiger partial charge is 0.387 e. The van der Waals surface area contributed by atoms with E-state index in [-0.39, 0.29) is 5.91 Å². The highest BCUT2D eigenvalue weighted by atomic mass is 35.5. The summed E-state index contributed by atoms with van der Waals surface area (Å²) in [6, 6.07) is 9.90. The van der Waals surface area contributed by atoms with Gasteiger partial charge in [0, 0.05) is 22.8 Å². The van der Waals surface area contributed by atoms with E-state index in [1.165, 1.54) is 0 Å². The maximum atomic E-state index is 12.3. The van der Waals surface area contributed by atoms with Crippen LogP contribution in [-0.2, 0) is 0 Å². The first-order chi connectivity index (χ1) is 9.51. The lowest BCUT2D eigenvalue weighted by Gasteiger charge is -2.11. The molecule has 0 saturated carbocycles. The Bertz CT molecular complexity index is 659. The first-order valence-corrected chi connectivity index (χ1v) is 6.88. The summed E-state index contributed by atoms with van der Waals surface area (Å²) in [6.07, 6.45) is 0. The van der Waals surface area contributed by atoms with Crippen molar-refractivity contribution in [3.63, 3.8) is 0 Å². The molecule has 6 heteroatoms. The van der Waals surface area contributed by atoms with E-state index in [0.29, 0.717) is 32.0 Å². The van der Waals surface area contributed by atoms with Gasteiger partial charge in [-0.05, 0) is 36.4 Å². The van der Waals surface area contributed by atoms with Crippen molar-refractivity contribution in [1.29, 1.82) is 0 Å². The van der Waals surface area contributed by atoms with Crippen molar-refractivity contribution in [2.45, 2.75) is 0 Å². The van der Waals surface area contributed by atoms with E-state index >= 15 is 0 Å². The van der Waals surface area contributed by atoms with Gasteiger partial charge in [-0.25, -0.2) is 0 Å². The van der Waals surface area contributed by atoms with Crippen LogP contribution < -0.4 is 10.6 Å². The van der Waals surface area contributed by atoms with Gasteiger partial charge in [0.1, 0.15) is 0 Å². The van der Waals surface area contributed by atoms with E-state index in [0.717, 1.165) is 0 Å². The van der Waals surface area contributed by atoms with Crippen LogP contribution in [0.3, 0.4) is 0 Å². The minimum absolute atomic E-state index is 0.305. The zero-order valence-electron chi connectivity index (χ0n) is 10.5. The van der Waals surface area contributed by atoms with Crippen molar-refractivity contribution in [2.75, 3.05) is 17.7 Å². The van der Waals surface area contributed by atoms with Crippen LogP contribution >= 0.6 is 34.8 Å². The number of hydrogen-bond donors (Lipinski definition) is 2. The van der Waals surface area contributed by atoms with Crippen LogP contribution in [0.1, 0.15) is 10.4 Å². The topological polar surface area (TPSA) is 41.1 Å². The molecular formula is C14H11Cl3N2O. The summed E-state index contributed by atoms with van der Waals surface area (Å²) >= 11 is 17.8. The quantitative estimate of drug-likeness (QED) is 0.837. The minimum Gasteiger partial charge on any atom is -0.387 e. The smallest absolute Gasteiger partial charge is 0.257 e. The molecule has 20 heavy (non-hydrogen) atoms. The summed E-state index contributed by atoms with van der Waals surface area (Å²) in [6.45, 7) is 0. The summed E-state index contributed by atoms with van der Waals surface area (Å²) in [5.74, 6) is -0.305. The number of rotatable bonds is 3. The van der Waals surface area contributed by atoms with Gasteiger partial charge in [0.05, 0.1) is 16.3 Å². The second-order valence-corrected chi connectivity index (χ2v) is 5.30. The average molecular weight is 330 g/mol. The first-order valence-electron chi connectivity index (χ1n) is 5.75. The zero-order valence-corrected chi connectivity index (χ0v) is 12.8. The summed E-state index contributed by atoms with van der Waals surface area (Å²) in [5, 5.41) is 7.03. The van der Waals surface area contributed by atoms with Crippen LogP contribution in [-0.4, -0.2) is 13.0 Å². The Morgan fingerprint density at radius 2 is 1.55 bits per heavy atom. The summed E-state index contributed by atoms with van der Waals surface area (Å²) < 4.78 is 0. The molecule has 0 fully saturated rings. The molecule has 2 aromatic carbocycles. The maximum Gasteiger partial charge on any atom is 0.257 e. The number of carbonyl (C=O) groups is 1. The average Bonchev–Trinajstić information content (AvgIpc) is 2.41. The fraction of sp³-hybridized carbons (Fsp3) is 0.0714. The second kappa shape index (κ2) is 6.35. The summed E-state index contributed by atoms with van der Waals surface area (Å²) in [7, 11) is 1.73. The van der Waals surface area contributed by atoms with E-state index in [1.54, 1.807) is 43.4 Å². The Morgan fingerprint density at radius 3 is 2.15 bits per heavy atom. The predicted molar refractivity (Wildman–Crippen MR) is 85.4 cm³/mol. The molecule has 0 aliphatic rings. The Hall–Kier alpha value is -1.42. The lowest BCUT2D eigenvalue weighted by atomic mass is 10.1. The maximum absolute atomic E-state index is 12.3. The standard InChI is InChI=1S/C14H11Cl3N2O/c1-18-12-4-2-8(15)6-10(12)14(20)19-13-5-3-9(16)7-11(13)17/h2-7,18H,1H3,(H,19,20). The number of benzene rings is 2. The van der Waals surface area contributed by atoms with E-state index in [2.05, 4.69) is 10.6 Å². The molecule has 0 aromatic heterocycles. The van der Waals surface area contributed by atoms with Crippen LogP contribution in [0.2, 0.25) is 15.1 Å². The number of amides is 1. The second-order valence-electron chi connectivity index (χ2n) is 4.02. The van der Waals surface area contributed by atoms with Crippen molar-refractivity contribution in [3.05, 3.63) is 57.0 Å². The molecular weight excluding hydrogens is 319 g/mol. The fourth-order valence-electron chi connectivity index (χ4n) is 1.70. The van der Waals surface area contributed by atoms with Crippen LogP contribution in [0, 0.1) is 0 Å². The van der Waals surface area contributed by atoms with Gasteiger partial charge in [0.15, 0.2) is 0 Å². The Kier molecular flexibility index (Phi) is 4.76. The molecule has 3 nitrogen and oxygen atoms in total. The third-order valence-electron chi connectivity index (χ3n) is 2.67. The van der Waals surface area contributed by atoms with Crippen molar-refractivity contribution in [3.8, 4) is 0 Å². The Balaban J connectivity index is 2.30. The monoisotopic (exact) mass is 328 g/mol. The molecule has 2 rings (SSSR count). The molecule has 0 heterocycles. The van der Waals surface area contributed by atoms with Crippen LogP contribution in [0.5, 0.6) is 0 Å². The lowest BCUT2D eigenvalue weighted by Crippen LogP contribution is -2.14. The molecule has 0 spiro atoms. The molecule has 0 aliphatic heterocycles. The molecule has 2 N–H and O–H groups in total. The van der Waals surface area contributed by atoms with Crippen molar-refractivity contribution in [2.24, 2.45) is 0 Å². The minimum atomic E-state index is -0.305. The number of carbonyl (C=O) groups excluding carboxylic acids is 1. The van der Waals surface area contributed by atoms with Gasteiger partial charge in [-0.1, -0.05) is 34.8 Å². The lowest BCUT2D eigenvalue weighted by molar-refractivity contribution is 0.102. The third kappa shape index (κ3) is 3.37. The van der Waals surface area contributed by atoms with E-state index in [4.69, 9.17) is 34.8 Å². The molecule has 0 bridgehead atoms. The highest BCUT2D eigenvalue weighted by molar-refractivity contribution is 6.37. The fourth-order valence-corrected chi connectivity index (χ4v) is 2.33. The number of hydrogen-bond acceptors (Lipinski definition) is 2. The van der Waals surface area contributed by atoms with Gasteiger partial charge >= 0.3 is 0 Å². The number of anilines is 2. The Morgan fingerprint density at radius 1 is 0.950 bits per heavy atom. The number of nitrogens with one attached hydrogen (secondary N) is 2. The van der Waals surface area contributed by atoms with Gasteiger partial charge in [0.2, 0.25) is 0 Å². The van der Waals surface area contributed by atoms with E-state index in [1.807, 2.05) is 0 Å². The molecule has 0 saturated heterocycles. The molecule has 0 unspecified atom stereocenters.